The van der Waals surface area contributed by atoms with E-state index in [4.69, 9.17) is 0 Å². The number of fused-ring (bicyclic) bond motifs is 1. The Morgan fingerprint density at radius 2 is 1.71 bits per heavy atom. The van der Waals surface area contributed by atoms with Crippen molar-refractivity contribution in [2.75, 3.05) is 18.0 Å². The molecule has 0 unspecified atom stereocenters. The number of nitrogens with one attached hydrogen (secondary N) is 1. The summed E-state index contributed by atoms with van der Waals surface area (Å²) in [7, 11) is 0. The molecule has 7 nitrogen and oxygen atoms in total. The summed E-state index contributed by atoms with van der Waals surface area (Å²) in [5.74, 6) is 1.03. The Labute approximate surface area is 206 Å². The van der Waals surface area contributed by atoms with Crippen molar-refractivity contribution in [3.8, 4) is 5.69 Å². The van der Waals surface area contributed by atoms with Gasteiger partial charge in [0.2, 0.25) is 5.91 Å². The third kappa shape index (κ3) is 4.76. The summed E-state index contributed by atoms with van der Waals surface area (Å²) in [6.45, 7) is 9.88. The van der Waals surface area contributed by atoms with Gasteiger partial charge in [-0.1, -0.05) is 41.5 Å². The van der Waals surface area contributed by atoms with Crippen LogP contribution in [0.4, 0.5) is 5.82 Å². The molecule has 180 valence electrons. The van der Waals surface area contributed by atoms with Crippen molar-refractivity contribution in [2.24, 2.45) is 5.92 Å². The van der Waals surface area contributed by atoms with Crippen LogP contribution in [0.15, 0.2) is 55.0 Å². The van der Waals surface area contributed by atoms with E-state index in [0.29, 0.717) is 5.65 Å². The number of piperidine rings is 1. The van der Waals surface area contributed by atoms with Gasteiger partial charge in [-0.25, -0.2) is 14.6 Å². The van der Waals surface area contributed by atoms with E-state index in [2.05, 4.69) is 95.4 Å². The van der Waals surface area contributed by atoms with Crippen molar-refractivity contribution in [1.29, 1.82) is 0 Å². The number of benzene rings is 2. The zero-order valence-electron chi connectivity index (χ0n) is 20.8. The number of aryl methyl sites for hydroxylation is 3. The van der Waals surface area contributed by atoms with E-state index >= 15 is 0 Å². The van der Waals surface area contributed by atoms with Crippen LogP contribution in [0.3, 0.4) is 0 Å². The van der Waals surface area contributed by atoms with Crippen molar-refractivity contribution in [3.05, 3.63) is 77.2 Å². The Hall–Kier alpha value is -3.74. The first-order valence-electron chi connectivity index (χ1n) is 12.3. The molecule has 35 heavy (non-hydrogen) atoms. The molecular weight excluding hydrogens is 436 g/mol. The minimum absolute atomic E-state index is 0.00441. The Balaban J connectivity index is 1.26. The summed E-state index contributed by atoms with van der Waals surface area (Å²) in [5.41, 5.74) is 6.51. The van der Waals surface area contributed by atoms with Crippen molar-refractivity contribution in [1.82, 2.24) is 25.1 Å². The van der Waals surface area contributed by atoms with Crippen LogP contribution >= 0.6 is 0 Å². The van der Waals surface area contributed by atoms with Crippen molar-refractivity contribution in [2.45, 2.75) is 46.6 Å². The van der Waals surface area contributed by atoms with Gasteiger partial charge in [0.1, 0.15) is 12.1 Å². The van der Waals surface area contributed by atoms with Gasteiger partial charge in [0.05, 0.1) is 17.1 Å². The second-order valence-electron chi connectivity index (χ2n) is 9.70. The molecule has 1 aliphatic rings. The molecule has 2 aromatic heterocycles. The number of amides is 1. The molecule has 0 bridgehead atoms. The van der Waals surface area contributed by atoms with E-state index in [0.717, 1.165) is 42.8 Å². The number of carbonyl (C=O) groups is 1. The standard InChI is InChI=1S/C28H32N6O/c1-18-5-8-23(9-6-18)34-16-25-26(32-34)29-17-30-27(25)33-13-11-22(12-14-33)28(35)31-21(4)24-10-7-19(2)15-20(24)3/h5-10,15-17,21-22H,11-14H2,1-4H3,(H,31,35)/t21-/m1/s1. The average Bonchev–Trinajstić information content (AvgIpc) is 3.29. The Kier molecular flexibility index (Phi) is 6.24. The van der Waals surface area contributed by atoms with Gasteiger partial charge in [0.15, 0.2) is 5.65 Å². The SMILES string of the molecule is Cc1ccc(-n2cc3c(N4CCC(C(=O)N[C@H](C)c5ccc(C)cc5C)CC4)ncnc3n2)cc1. The third-order valence-corrected chi connectivity index (χ3v) is 7.01. The van der Waals surface area contributed by atoms with Gasteiger partial charge in [-0.15, -0.1) is 5.10 Å². The predicted molar refractivity (Wildman–Crippen MR) is 139 cm³/mol. The number of anilines is 1. The van der Waals surface area contributed by atoms with E-state index in [-0.39, 0.29) is 17.9 Å². The smallest absolute Gasteiger partial charge is 0.223 e. The Morgan fingerprint density at radius 3 is 2.43 bits per heavy atom. The molecule has 1 amide bonds. The lowest BCUT2D eigenvalue weighted by Crippen LogP contribution is -2.41. The highest BCUT2D eigenvalue weighted by Crippen LogP contribution is 2.28. The lowest BCUT2D eigenvalue weighted by atomic mass is 9.94. The van der Waals surface area contributed by atoms with Crippen LogP contribution in [0.5, 0.6) is 0 Å². The molecule has 0 aliphatic carbocycles. The average molecular weight is 469 g/mol. The molecule has 1 atom stereocenters. The normalized spacial score (nSPS) is 15.4. The van der Waals surface area contributed by atoms with Crippen molar-refractivity contribution in [3.63, 3.8) is 0 Å². The molecule has 1 N–H and O–H groups in total. The maximum absolute atomic E-state index is 13.0. The van der Waals surface area contributed by atoms with E-state index in [1.54, 1.807) is 6.33 Å². The molecule has 0 saturated carbocycles. The predicted octanol–water partition coefficient (Wildman–Crippen LogP) is 4.83. The van der Waals surface area contributed by atoms with Crippen LogP contribution in [0.2, 0.25) is 0 Å². The van der Waals surface area contributed by atoms with E-state index in [1.165, 1.54) is 22.3 Å². The van der Waals surface area contributed by atoms with E-state index in [1.807, 2.05) is 10.9 Å². The summed E-state index contributed by atoms with van der Waals surface area (Å²) >= 11 is 0. The molecule has 2 aromatic carbocycles. The lowest BCUT2D eigenvalue weighted by molar-refractivity contribution is -0.126. The molecule has 7 heteroatoms. The molecular formula is C28H32N6O. The summed E-state index contributed by atoms with van der Waals surface area (Å²) in [5, 5.41) is 8.83. The zero-order valence-corrected chi connectivity index (χ0v) is 20.8. The highest BCUT2D eigenvalue weighted by atomic mass is 16.1. The summed E-state index contributed by atoms with van der Waals surface area (Å²) in [4.78, 5) is 24.3. The minimum atomic E-state index is -0.00441. The fourth-order valence-corrected chi connectivity index (χ4v) is 4.98. The number of carbonyl (C=O) groups excluding carboxylic acids is 1. The van der Waals surface area contributed by atoms with Gasteiger partial charge in [-0.2, -0.15) is 0 Å². The van der Waals surface area contributed by atoms with Crippen LogP contribution < -0.4 is 10.2 Å². The van der Waals surface area contributed by atoms with Gasteiger partial charge in [0.25, 0.3) is 0 Å². The van der Waals surface area contributed by atoms with E-state index < -0.39 is 0 Å². The molecule has 0 spiro atoms. The van der Waals surface area contributed by atoms with Crippen LogP contribution in [0.25, 0.3) is 16.7 Å². The maximum atomic E-state index is 13.0. The zero-order chi connectivity index (χ0) is 24.5. The molecule has 1 saturated heterocycles. The van der Waals surface area contributed by atoms with Gasteiger partial charge in [0, 0.05) is 25.2 Å². The maximum Gasteiger partial charge on any atom is 0.223 e. The van der Waals surface area contributed by atoms with Crippen LogP contribution in [0.1, 0.15) is 48.1 Å². The largest absolute Gasteiger partial charge is 0.356 e. The fraction of sp³-hybridized carbons (Fsp3) is 0.357. The first-order valence-corrected chi connectivity index (χ1v) is 12.3. The quantitative estimate of drug-likeness (QED) is 0.454. The molecule has 1 fully saturated rings. The van der Waals surface area contributed by atoms with Crippen molar-refractivity contribution >= 4 is 22.8 Å². The van der Waals surface area contributed by atoms with Gasteiger partial charge >= 0.3 is 0 Å². The number of aromatic nitrogens is 4. The van der Waals surface area contributed by atoms with Gasteiger partial charge in [-0.05, 0) is 63.8 Å². The summed E-state index contributed by atoms with van der Waals surface area (Å²) < 4.78 is 1.86. The second-order valence-corrected chi connectivity index (χ2v) is 9.70. The fourth-order valence-electron chi connectivity index (χ4n) is 4.98. The van der Waals surface area contributed by atoms with Gasteiger partial charge < -0.3 is 10.2 Å². The number of rotatable bonds is 5. The topological polar surface area (TPSA) is 75.9 Å². The first kappa shape index (κ1) is 23.0. The molecule has 4 aromatic rings. The highest BCUT2D eigenvalue weighted by molar-refractivity contribution is 5.87. The van der Waals surface area contributed by atoms with Crippen molar-refractivity contribution < 1.29 is 4.79 Å². The van der Waals surface area contributed by atoms with Crippen LogP contribution in [-0.2, 0) is 4.79 Å². The number of nitrogens with zero attached hydrogens (tertiary/aromatic N) is 5. The van der Waals surface area contributed by atoms with Crippen LogP contribution in [-0.4, -0.2) is 38.7 Å². The summed E-state index contributed by atoms with van der Waals surface area (Å²) in [6.07, 6.45) is 5.17. The lowest BCUT2D eigenvalue weighted by Gasteiger charge is -2.33. The third-order valence-electron chi connectivity index (χ3n) is 7.01. The monoisotopic (exact) mass is 468 g/mol. The van der Waals surface area contributed by atoms with Crippen LogP contribution in [0, 0.1) is 26.7 Å². The summed E-state index contributed by atoms with van der Waals surface area (Å²) in [6, 6.07) is 14.6. The molecule has 1 aliphatic heterocycles. The Morgan fingerprint density at radius 1 is 1.00 bits per heavy atom. The molecule has 3 heterocycles. The van der Waals surface area contributed by atoms with Gasteiger partial charge in [-0.3, -0.25) is 4.79 Å². The first-order chi connectivity index (χ1) is 16.9. The van der Waals surface area contributed by atoms with E-state index in [9.17, 15) is 4.79 Å². The minimum Gasteiger partial charge on any atom is -0.356 e. The number of hydrogen-bond acceptors (Lipinski definition) is 5. The molecule has 5 rings (SSSR count). The number of hydrogen-bond donors (Lipinski definition) is 1. The molecule has 0 radical (unpaired) electrons. The highest BCUT2D eigenvalue weighted by Gasteiger charge is 2.28. The Bertz CT molecular complexity index is 1350. The second kappa shape index (κ2) is 9.49.